The smallest absolute Gasteiger partial charge is 0.243 e. The fourth-order valence-corrected chi connectivity index (χ4v) is 2.26. The van der Waals surface area contributed by atoms with E-state index in [0.29, 0.717) is 5.92 Å². The van der Waals surface area contributed by atoms with Gasteiger partial charge in [0.25, 0.3) is 0 Å². The zero-order valence-electron chi connectivity index (χ0n) is 10.9. The normalized spacial score (nSPS) is 20.8. The van der Waals surface area contributed by atoms with Crippen LogP contribution in [0.25, 0.3) is 0 Å². The fraction of sp³-hybridized carbons (Fsp3) is 0.188. The van der Waals surface area contributed by atoms with E-state index < -0.39 is 0 Å². The third-order valence-corrected chi connectivity index (χ3v) is 3.45. The predicted molar refractivity (Wildman–Crippen MR) is 77.3 cm³/mol. The average Bonchev–Trinajstić information content (AvgIpc) is 3.30. The number of amides is 1. The van der Waals surface area contributed by atoms with E-state index in [9.17, 15) is 4.79 Å². The summed E-state index contributed by atoms with van der Waals surface area (Å²) in [6, 6.07) is 13.8. The summed E-state index contributed by atoms with van der Waals surface area (Å²) in [6.45, 7) is 0. The molecule has 1 aromatic heterocycles. The number of benzene rings is 1. The molecule has 1 aliphatic carbocycles. The summed E-state index contributed by atoms with van der Waals surface area (Å²) in [4.78, 5) is 15.9. The molecule has 1 amide bonds. The lowest BCUT2D eigenvalue weighted by molar-refractivity contribution is -0.122. The van der Waals surface area contributed by atoms with Gasteiger partial charge in [-0.1, -0.05) is 30.3 Å². The molecule has 4 heteroatoms. The molecule has 0 radical (unpaired) electrons. The Morgan fingerprint density at radius 1 is 1.20 bits per heavy atom. The highest BCUT2D eigenvalue weighted by molar-refractivity contribution is 5.85. The predicted octanol–water partition coefficient (Wildman–Crippen LogP) is 2.34. The molecule has 1 fully saturated rings. The lowest BCUT2D eigenvalue weighted by Crippen LogP contribution is -2.20. The molecule has 4 nitrogen and oxygen atoms in total. The van der Waals surface area contributed by atoms with Crippen LogP contribution < -0.4 is 5.43 Å². The van der Waals surface area contributed by atoms with E-state index >= 15 is 0 Å². The van der Waals surface area contributed by atoms with E-state index in [4.69, 9.17) is 0 Å². The lowest BCUT2D eigenvalue weighted by atomic mass is 10.1. The Kier molecular flexibility index (Phi) is 3.54. The minimum absolute atomic E-state index is 0.0100. The third-order valence-electron chi connectivity index (χ3n) is 3.45. The van der Waals surface area contributed by atoms with Crippen molar-refractivity contribution in [3.63, 3.8) is 0 Å². The Morgan fingerprint density at radius 3 is 2.70 bits per heavy atom. The van der Waals surface area contributed by atoms with E-state index in [1.807, 2.05) is 30.3 Å². The largest absolute Gasteiger partial charge is 0.273 e. The Hall–Kier alpha value is -2.49. The topological polar surface area (TPSA) is 54.4 Å². The van der Waals surface area contributed by atoms with Crippen molar-refractivity contribution >= 4 is 12.1 Å². The number of nitrogens with one attached hydrogen (secondary N) is 1. The van der Waals surface area contributed by atoms with Crippen LogP contribution in [-0.2, 0) is 4.79 Å². The summed E-state index contributed by atoms with van der Waals surface area (Å²) in [7, 11) is 0. The van der Waals surface area contributed by atoms with Crippen molar-refractivity contribution in [2.24, 2.45) is 11.0 Å². The van der Waals surface area contributed by atoms with Crippen LogP contribution in [0.5, 0.6) is 0 Å². The Bertz CT molecular complexity index is 610. The van der Waals surface area contributed by atoms with Crippen molar-refractivity contribution in [3.8, 4) is 0 Å². The molecule has 0 bridgehead atoms. The Morgan fingerprint density at radius 2 is 1.95 bits per heavy atom. The molecule has 0 spiro atoms. The highest BCUT2D eigenvalue weighted by atomic mass is 16.2. The van der Waals surface area contributed by atoms with E-state index in [-0.39, 0.29) is 11.8 Å². The van der Waals surface area contributed by atoms with Gasteiger partial charge in [0.05, 0.1) is 6.21 Å². The van der Waals surface area contributed by atoms with Crippen molar-refractivity contribution in [2.45, 2.75) is 12.3 Å². The summed E-state index contributed by atoms with van der Waals surface area (Å²) in [5.74, 6) is 0.378. The summed E-state index contributed by atoms with van der Waals surface area (Å²) in [6.07, 6.45) is 5.91. The molecule has 0 saturated heterocycles. The Balaban J connectivity index is 1.53. The second kappa shape index (κ2) is 5.65. The second-order valence-corrected chi connectivity index (χ2v) is 4.87. The minimum Gasteiger partial charge on any atom is -0.273 e. The number of carbonyl (C=O) groups excluding carboxylic acids is 1. The second-order valence-electron chi connectivity index (χ2n) is 4.87. The Labute approximate surface area is 117 Å². The van der Waals surface area contributed by atoms with E-state index in [1.54, 1.807) is 18.6 Å². The maximum absolute atomic E-state index is 11.9. The van der Waals surface area contributed by atoms with Crippen LogP contribution in [0.15, 0.2) is 60.0 Å². The third kappa shape index (κ3) is 2.91. The van der Waals surface area contributed by atoms with Gasteiger partial charge < -0.3 is 0 Å². The molecule has 1 saturated carbocycles. The SMILES string of the molecule is O=C(N/N=C\c1ccncc1)[C@@H]1C[C@@H]1c1ccccc1. The first kappa shape index (κ1) is 12.5. The molecule has 1 aromatic carbocycles. The molecule has 0 aliphatic heterocycles. The van der Waals surface area contributed by atoms with Gasteiger partial charge in [-0.2, -0.15) is 5.10 Å². The summed E-state index contributed by atoms with van der Waals surface area (Å²) >= 11 is 0. The maximum Gasteiger partial charge on any atom is 0.243 e. The number of hydrogen-bond acceptors (Lipinski definition) is 3. The van der Waals surface area contributed by atoms with Crippen molar-refractivity contribution in [1.29, 1.82) is 0 Å². The van der Waals surface area contributed by atoms with E-state index in [2.05, 4.69) is 27.6 Å². The minimum atomic E-state index is -0.0100. The first-order valence-electron chi connectivity index (χ1n) is 6.62. The summed E-state index contributed by atoms with van der Waals surface area (Å²) in [5.41, 5.74) is 4.74. The molecule has 1 aliphatic rings. The van der Waals surface area contributed by atoms with Gasteiger partial charge in [0.1, 0.15) is 0 Å². The highest BCUT2D eigenvalue weighted by Crippen LogP contribution is 2.47. The first-order chi connectivity index (χ1) is 9.84. The van der Waals surface area contributed by atoms with E-state index in [1.165, 1.54) is 5.56 Å². The van der Waals surface area contributed by atoms with Crippen LogP contribution in [0.3, 0.4) is 0 Å². The molecule has 1 heterocycles. The molecule has 2 aromatic rings. The number of nitrogens with zero attached hydrogens (tertiary/aromatic N) is 2. The number of pyridine rings is 1. The molecule has 2 atom stereocenters. The number of rotatable bonds is 4. The van der Waals surface area contributed by atoms with Crippen LogP contribution in [-0.4, -0.2) is 17.1 Å². The van der Waals surface area contributed by atoms with Crippen LogP contribution in [0, 0.1) is 5.92 Å². The van der Waals surface area contributed by atoms with Crippen molar-refractivity contribution in [3.05, 3.63) is 66.0 Å². The van der Waals surface area contributed by atoms with Crippen LogP contribution in [0.4, 0.5) is 0 Å². The quantitative estimate of drug-likeness (QED) is 0.681. The molecule has 1 N–H and O–H groups in total. The highest BCUT2D eigenvalue weighted by Gasteiger charge is 2.43. The van der Waals surface area contributed by atoms with Gasteiger partial charge in [0, 0.05) is 18.3 Å². The van der Waals surface area contributed by atoms with Crippen LogP contribution >= 0.6 is 0 Å². The number of carbonyl (C=O) groups is 1. The lowest BCUT2D eigenvalue weighted by Gasteiger charge is -1.99. The fourth-order valence-electron chi connectivity index (χ4n) is 2.26. The summed E-state index contributed by atoms with van der Waals surface area (Å²) < 4.78 is 0. The van der Waals surface area contributed by atoms with Crippen LogP contribution in [0.2, 0.25) is 0 Å². The van der Waals surface area contributed by atoms with Gasteiger partial charge in [-0.25, -0.2) is 5.43 Å². The van der Waals surface area contributed by atoms with Gasteiger partial charge in [0.2, 0.25) is 5.91 Å². The molecule has 0 unspecified atom stereocenters. The van der Waals surface area contributed by atoms with Gasteiger partial charge in [0.15, 0.2) is 0 Å². The first-order valence-corrected chi connectivity index (χ1v) is 6.62. The number of hydrogen-bond donors (Lipinski definition) is 1. The zero-order chi connectivity index (χ0) is 13.8. The molecule has 20 heavy (non-hydrogen) atoms. The molecular formula is C16H15N3O. The zero-order valence-corrected chi connectivity index (χ0v) is 10.9. The monoisotopic (exact) mass is 265 g/mol. The average molecular weight is 265 g/mol. The molecular weight excluding hydrogens is 250 g/mol. The van der Waals surface area contributed by atoms with Crippen molar-refractivity contribution < 1.29 is 4.79 Å². The maximum atomic E-state index is 11.9. The number of aromatic nitrogens is 1. The van der Waals surface area contributed by atoms with E-state index in [0.717, 1.165) is 12.0 Å². The van der Waals surface area contributed by atoms with Crippen LogP contribution in [0.1, 0.15) is 23.5 Å². The van der Waals surface area contributed by atoms with Gasteiger partial charge in [-0.05, 0) is 35.6 Å². The summed E-state index contributed by atoms with van der Waals surface area (Å²) in [5, 5.41) is 3.98. The van der Waals surface area contributed by atoms with Gasteiger partial charge in [-0.15, -0.1) is 0 Å². The molecule has 100 valence electrons. The van der Waals surface area contributed by atoms with Crippen molar-refractivity contribution in [2.75, 3.05) is 0 Å². The van der Waals surface area contributed by atoms with Crippen molar-refractivity contribution in [1.82, 2.24) is 10.4 Å². The van der Waals surface area contributed by atoms with Gasteiger partial charge in [-0.3, -0.25) is 9.78 Å². The standard InChI is InChI=1S/C16H15N3O/c20-16(19-18-11-12-6-8-17-9-7-12)15-10-14(15)13-4-2-1-3-5-13/h1-9,11,14-15H,10H2,(H,19,20)/b18-11-/t14-,15-/m1/s1. The molecule has 3 rings (SSSR count). The van der Waals surface area contributed by atoms with Gasteiger partial charge >= 0.3 is 0 Å². The number of hydrazone groups is 1.